The number of nitrogens with zero attached hydrogens (tertiary/aromatic N) is 3. The van der Waals surface area contributed by atoms with Gasteiger partial charge in [0.25, 0.3) is 5.91 Å². The first-order valence-corrected chi connectivity index (χ1v) is 10.5. The van der Waals surface area contributed by atoms with Crippen LogP contribution in [0.2, 0.25) is 0 Å². The minimum absolute atomic E-state index is 0.0461. The number of likely N-dealkylation sites (tertiary alicyclic amines) is 2. The number of benzene rings is 1. The zero-order valence-corrected chi connectivity index (χ0v) is 18.4. The van der Waals surface area contributed by atoms with Crippen molar-refractivity contribution in [2.45, 2.75) is 51.1 Å². The summed E-state index contributed by atoms with van der Waals surface area (Å²) in [6.45, 7) is 8.37. The molecule has 4 amide bonds. The Morgan fingerprint density at radius 1 is 1.07 bits per heavy atom. The fourth-order valence-electron chi connectivity index (χ4n) is 5.58. The summed E-state index contributed by atoms with van der Waals surface area (Å²) in [6, 6.07) is 6.90. The average molecular weight is 412 g/mol. The molecular formula is C23H29N3O4. The van der Waals surface area contributed by atoms with Gasteiger partial charge in [-0.25, -0.2) is 0 Å². The molecule has 3 unspecified atom stereocenters. The molecule has 2 bridgehead atoms. The van der Waals surface area contributed by atoms with Gasteiger partial charge in [0.05, 0.1) is 17.9 Å². The van der Waals surface area contributed by atoms with Crippen molar-refractivity contribution in [3.8, 4) is 0 Å². The standard InChI is InChI=1S/C23H29N3O4/c1-7-23-17-16(19(28)25(6)20(17)29)15(12-24(5)21(23)30)26(23)18(27)13-8-10-14(11-9-13)22(2,3)4/h8-11,15-17H,7,12H2,1-6H3/t15?,16?,17?,23-/m1/s1. The zero-order valence-electron chi connectivity index (χ0n) is 18.4. The van der Waals surface area contributed by atoms with E-state index in [0.717, 1.165) is 10.5 Å². The maximum absolute atomic E-state index is 13.7. The van der Waals surface area contributed by atoms with Gasteiger partial charge in [0.1, 0.15) is 5.54 Å². The monoisotopic (exact) mass is 411 g/mol. The number of imide groups is 1. The first-order chi connectivity index (χ1) is 14.0. The second-order valence-electron chi connectivity index (χ2n) is 9.77. The minimum Gasteiger partial charge on any atom is -0.342 e. The van der Waals surface area contributed by atoms with Crippen molar-refractivity contribution < 1.29 is 19.2 Å². The molecule has 0 spiro atoms. The summed E-state index contributed by atoms with van der Waals surface area (Å²) in [5.74, 6) is -2.70. The highest BCUT2D eigenvalue weighted by molar-refractivity contribution is 6.13. The van der Waals surface area contributed by atoms with Crippen LogP contribution in [-0.2, 0) is 19.8 Å². The van der Waals surface area contributed by atoms with Crippen molar-refractivity contribution in [3.63, 3.8) is 0 Å². The molecular weight excluding hydrogens is 382 g/mol. The number of amides is 4. The van der Waals surface area contributed by atoms with E-state index in [1.54, 1.807) is 29.0 Å². The number of rotatable bonds is 2. The fraction of sp³-hybridized carbons (Fsp3) is 0.565. The van der Waals surface area contributed by atoms with Crippen molar-refractivity contribution in [1.82, 2.24) is 14.7 Å². The molecule has 3 heterocycles. The molecule has 1 aromatic carbocycles. The van der Waals surface area contributed by atoms with E-state index in [1.165, 1.54) is 7.05 Å². The van der Waals surface area contributed by atoms with E-state index in [0.29, 0.717) is 5.56 Å². The van der Waals surface area contributed by atoms with Crippen LogP contribution in [0, 0.1) is 11.8 Å². The lowest BCUT2D eigenvalue weighted by Crippen LogP contribution is -2.68. The van der Waals surface area contributed by atoms with Gasteiger partial charge in [0.2, 0.25) is 17.7 Å². The number of hydrogen-bond donors (Lipinski definition) is 0. The second-order valence-corrected chi connectivity index (χ2v) is 9.77. The van der Waals surface area contributed by atoms with Gasteiger partial charge in [0, 0.05) is 26.2 Å². The summed E-state index contributed by atoms with van der Waals surface area (Å²) >= 11 is 0. The van der Waals surface area contributed by atoms with Gasteiger partial charge in [-0.15, -0.1) is 0 Å². The summed E-state index contributed by atoms with van der Waals surface area (Å²) in [5.41, 5.74) is 0.205. The van der Waals surface area contributed by atoms with Gasteiger partial charge >= 0.3 is 0 Å². The fourth-order valence-corrected chi connectivity index (χ4v) is 5.58. The SMILES string of the molecule is CC[C@]12C(=O)N(C)CC(C3C(=O)N(C)C(=O)C31)N2C(=O)c1ccc(C(C)(C)C)cc1. The van der Waals surface area contributed by atoms with Crippen molar-refractivity contribution in [3.05, 3.63) is 35.4 Å². The number of hydrogen-bond acceptors (Lipinski definition) is 4. The number of fused-ring (bicyclic) bond motifs is 5. The lowest BCUT2D eigenvalue weighted by atomic mass is 9.78. The topological polar surface area (TPSA) is 78.0 Å². The largest absolute Gasteiger partial charge is 0.342 e. The Bertz CT molecular complexity index is 948. The van der Waals surface area contributed by atoms with Crippen LogP contribution in [0.15, 0.2) is 24.3 Å². The number of carbonyl (C=O) groups is 4. The van der Waals surface area contributed by atoms with Crippen LogP contribution in [0.5, 0.6) is 0 Å². The maximum atomic E-state index is 13.7. The smallest absolute Gasteiger partial charge is 0.255 e. The Morgan fingerprint density at radius 2 is 1.67 bits per heavy atom. The van der Waals surface area contributed by atoms with E-state index in [4.69, 9.17) is 0 Å². The molecule has 3 aliphatic rings. The lowest BCUT2D eigenvalue weighted by Gasteiger charge is -2.48. The third kappa shape index (κ3) is 2.44. The van der Waals surface area contributed by atoms with Crippen molar-refractivity contribution >= 4 is 23.6 Å². The Balaban J connectivity index is 1.82. The Hall–Kier alpha value is -2.70. The van der Waals surface area contributed by atoms with Crippen molar-refractivity contribution in [2.75, 3.05) is 20.6 Å². The van der Waals surface area contributed by atoms with E-state index in [2.05, 4.69) is 20.8 Å². The Labute approximate surface area is 177 Å². The molecule has 1 aromatic rings. The predicted molar refractivity (Wildman–Crippen MR) is 111 cm³/mol. The van der Waals surface area contributed by atoms with Crippen molar-refractivity contribution in [2.24, 2.45) is 11.8 Å². The van der Waals surface area contributed by atoms with Crippen LogP contribution >= 0.6 is 0 Å². The molecule has 3 aliphatic heterocycles. The molecule has 3 fully saturated rings. The number of likely N-dealkylation sites (N-methyl/N-ethyl adjacent to an activating group) is 1. The third-order valence-electron chi connectivity index (χ3n) is 7.20. The number of piperazine rings is 1. The summed E-state index contributed by atoms with van der Waals surface area (Å²) in [5, 5.41) is 0. The van der Waals surface area contributed by atoms with Crippen molar-refractivity contribution in [1.29, 1.82) is 0 Å². The van der Waals surface area contributed by atoms with Crippen LogP contribution in [0.1, 0.15) is 50.0 Å². The molecule has 7 heteroatoms. The molecule has 30 heavy (non-hydrogen) atoms. The average Bonchev–Trinajstić information content (AvgIpc) is 3.08. The van der Waals surface area contributed by atoms with Crippen LogP contribution in [-0.4, -0.2) is 70.5 Å². The maximum Gasteiger partial charge on any atom is 0.255 e. The highest BCUT2D eigenvalue weighted by atomic mass is 16.2. The second kappa shape index (κ2) is 6.40. The highest BCUT2D eigenvalue weighted by Crippen LogP contribution is 2.53. The van der Waals surface area contributed by atoms with Gasteiger partial charge < -0.3 is 9.80 Å². The van der Waals surface area contributed by atoms with E-state index in [-0.39, 0.29) is 42.0 Å². The molecule has 160 valence electrons. The van der Waals surface area contributed by atoms with Crippen LogP contribution in [0.3, 0.4) is 0 Å². The van der Waals surface area contributed by atoms with Gasteiger partial charge in [-0.3, -0.25) is 24.1 Å². The zero-order chi connectivity index (χ0) is 22.2. The highest BCUT2D eigenvalue weighted by Gasteiger charge is 2.74. The van der Waals surface area contributed by atoms with Crippen LogP contribution in [0.25, 0.3) is 0 Å². The normalized spacial score (nSPS) is 30.9. The molecule has 3 saturated heterocycles. The minimum atomic E-state index is -1.32. The lowest BCUT2D eigenvalue weighted by molar-refractivity contribution is -0.155. The molecule has 4 rings (SSSR count). The summed E-state index contributed by atoms with van der Waals surface area (Å²) in [6.07, 6.45) is 0.284. The predicted octanol–water partition coefficient (Wildman–Crippen LogP) is 1.66. The van der Waals surface area contributed by atoms with Gasteiger partial charge in [-0.1, -0.05) is 39.8 Å². The van der Waals surface area contributed by atoms with Gasteiger partial charge in [-0.2, -0.15) is 0 Å². The van der Waals surface area contributed by atoms with Crippen LogP contribution < -0.4 is 0 Å². The molecule has 0 aromatic heterocycles. The van der Waals surface area contributed by atoms with E-state index >= 15 is 0 Å². The molecule has 0 aliphatic carbocycles. The quantitative estimate of drug-likeness (QED) is 0.694. The molecule has 0 radical (unpaired) electrons. The van der Waals surface area contributed by atoms with E-state index in [1.807, 2.05) is 19.1 Å². The summed E-state index contributed by atoms with van der Waals surface area (Å²) < 4.78 is 0. The Morgan fingerprint density at radius 3 is 2.20 bits per heavy atom. The van der Waals surface area contributed by atoms with Gasteiger partial charge in [0.15, 0.2) is 0 Å². The van der Waals surface area contributed by atoms with Gasteiger partial charge in [-0.05, 0) is 29.5 Å². The Kier molecular flexibility index (Phi) is 4.39. The summed E-state index contributed by atoms with van der Waals surface area (Å²) in [4.78, 5) is 57.3. The van der Waals surface area contributed by atoms with E-state index < -0.39 is 23.4 Å². The summed E-state index contributed by atoms with van der Waals surface area (Å²) in [7, 11) is 3.15. The third-order valence-corrected chi connectivity index (χ3v) is 7.20. The van der Waals surface area contributed by atoms with E-state index in [9.17, 15) is 19.2 Å². The first-order valence-electron chi connectivity index (χ1n) is 10.5. The first kappa shape index (κ1) is 20.6. The molecule has 0 N–H and O–H groups in total. The number of carbonyl (C=O) groups excluding carboxylic acids is 4. The van der Waals surface area contributed by atoms with Crippen LogP contribution in [0.4, 0.5) is 0 Å². The molecule has 7 nitrogen and oxygen atoms in total. The molecule has 4 atom stereocenters. The molecule has 0 saturated carbocycles.